The van der Waals surface area contributed by atoms with E-state index < -0.39 is 0 Å². The van der Waals surface area contributed by atoms with E-state index in [1.165, 1.54) is 31.4 Å². The van der Waals surface area contributed by atoms with Crippen LogP contribution in [0.3, 0.4) is 0 Å². The van der Waals surface area contributed by atoms with Crippen LogP contribution in [0.2, 0.25) is 0 Å². The Morgan fingerprint density at radius 2 is 2.28 bits per heavy atom. The molecule has 1 aromatic heterocycles. The lowest BCUT2D eigenvalue weighted by atomic mass is 9.99. The van der Waals surface area contributed by atoms with Gasteiger partial charge in [0.1, 0.15) is 0 Å². The highest BCUT2D eigenvalue weighted by molar-refractivity contribution is 5.12. The molecule has 1 aliphatic carbocycles. The minimum Gasteiger partial charge on any atom is -0.330 e. The van der Waals surface area contributed by atoms with Gasteiger partial charge < -0.3 is 10.3 Å². The highest BCUT2D eigenvalue weighted by atomic mass is 15.3. The molecule has 1 unspecified atom stereocenters. The molecule has 1 aromatic rings. The van der Waals surface area contributed by atoms with Gasteiger partial charge in [-0.3, -0.25) is 4.90 Å². The Balaban J connectivity index is 1.89. The maximum absolute atomic E-state index is 6.07. The minimum atomic E-state index is 0.267. The van der Waals surface area contributed by atoms with E-state index in [2.05, 4.69) is 28.3 Å². The van der Waals surface area contributed by atoms with Crippen molar-refractivity contribution in [2.24, 2.45) is 5.73 Å². The van der Waals surface area contributed by atoms with E-state index >= 15 is 0 Å². The zero-order valence-corrected chi connectivity index (χ0v) is 11.5. The molecule has 18 heavy (non-hydrogen) atoms. The highest BCUT2D eigenvalue weighted by Gasteiger charge is 2.39. The molecular formula is C14H24N4. The number of hydrogen-bond donors (Lipinski definition) is 1. The Labute approximate surface area is 109 Å². The van der Waals surface area contributed by atoms with Crippen molar-refractivity contribution < 1.29 is 0 Å². The lowest BCUT2D eigenvalue weighted by molar-refractivity contribution is 0.114. The molecule has 1 aliphatic heterocycles. The molecule has 1 atom stereocenters. The van der Waals surface area contributed by atoms with Crippen molar-refractivity contribution in [3.63, 3.8) is 0 Å². The van der Waals surface area contributed by atoms with E-state index in [9.17, 15) is 0 Å². The summed E-state index contributed by atoms with van der Waals surface area (Å²) in [6, 6.07) is 1.01. The normalized spacial score (nSPS) is 25.5. The SMILES string of the molecule is CC1(C)CCCN1C(CN)c1cncn1C1CC1. The summed E-state index contributed by atoms with van der Waals surface area (Å²) in [5.74, 6) is 0. The molecule has 0 radical (unpaired) electrons. The number of nitrogens with two attached hydrogens (primary N) is 1. The first-order valence-electron chi connectivity index (χ1n) is 7.12. The quantitative estimate of drug-likeness (QED) is 0.887. The van der Waals surface area contributed by atoms with Crippen molar-refractivity contribution in [3.8, 4) is 0 Å². The van der Waals surface area contributed by atoms with Crippen molar-refractivity contribution in [2.75, 3.05) is 13.1 Å². The van der Waals surface area contributed by atoms with Gasteiger partial charge in [-0.15, -0.1) is 0 Å². The monoisotopic (exact) mass is 248 g/mol. The first kappa shape index (κ1) is 12.2. The van der Waals surface area contributed by atoms with Crippen molar-refractivity contribution in [2.45, 2.75) is 57.2 Å². The average molecular weight is 248 g/mol. The Bertz CT molecular complexity index is 419. The standard InChI is InChI=1S/C14H24N4/c1-14(2)6-3-7-18(14)12(8-15)13-9-16-10-17(13)11-4-5-11/h9-12H,3-8,15H2,1-2H3. The van der Waals surface area contributed by atoms with Gasteiger partial charge in [-0.05, 0) is 46.1 Å². The van der Waals surface area contributed by atoms with Crippen LogP contribution in [0.4, 0.5) is 0 Å². The highest BCUT2D eigenvalue weighted by Crippen LogP contribution is 2.40. The van der Waals surface area contributed by atoms with Crippen LogP contribution >= 0.6 is 0 Å². The van der Waals surface area contributed by atoms with E-state index in [-0.39, 0.29) is 5.54 Å². The van der Waals surface area contributed by atoms with Gasteiger partial charge in [-0.2, -0.15) is 0 Å². The molecule has 2 fully saturated rings. The van der Waals surface area contributed by atoms with Crippen molar-refractivity contribution in [1.29, 1.82) is 0 Å². The van der Waals surface area contributed by atoms with Gasteiger partial charge >= 0.3 is 0 Å². The maximum Gasteiger partial charge on any atom is 0.0951 e. The van der Waals surface area contributed by atoms with E-state index in [0.717, 1.165) is 6.54 Å². The smallest absolute Gasteiger partial charge is 0.0951 e. The first-order chi connectivity index (χ1) is 8.63. The van der Waals surface area contributed by atoms with Crippen LogP contribution in [-0.2, 0) is 0 Å². The molecule has 2 aliphatic rings. The molecule has 0 amide bonds. The summed E-state index contributed by atoms with van der Waals surface area (Å²) in [5.41, 5.74) is 7.65. The zero-order valence-electron chi connectivity index (χ0n) is 11.5. The minimum absolute atomic E-state index is 0.267. The molecule has 1 saturated carbocycles. The van der Waals surface area contributed by atoms with Gasteiger partial charge in [0.05, 0.1) is 18.1 Å². The van der Waals surface area contributed by atoms with Crippen LogP contribution in [0.15, 0.2) is 12.5 Å². The summed E-state index contributed by atoms with van der Waals surface area (Å²) < 4.78 is 2.35. The molecule has 0 spiro atoms. The van der Waals surface area contributed by atoms with E-state index in [4.69, 9.17) is 5.73 Å². The second kappa shape index (κ2) is 4.35. The van der Waals surface area contributed by atoms with Gasteiger partial charge in [0.15, 0.2) is 0 Å². The fourth-order valence-electron chi connectivity index (χ4n) is 3.34. The lowest BCUT2D eigenvalue weighted by Gasteiger charge is -2.38. The summed E-state index contributed by atoms with van der Waals surface area (Å²) in [4.78, 5) is 6.92. The van der Waals surface area contributed by atoms with Crippen LogP contribution in [0.5, 0.6) is 0 Å². The molecule has 0 aromatic carbocycles. The van der Waals surface area contributed by atoms with Gasteiger partial charge in [-0.25, -0.2) is 4.98 Å². The Morgan fingerprint density at radius 3 is 2.83 bits per heavy atom. The van der Waals surface area contributed by atoms with Crippen LogP contribution in [0.1, 0.15) is 57.3 Å². The number of hydrogen-bond acceptors (Lipinski definition) is 3. The van der Waals surface area contributed by atoms with E-state index in [0.29, 0.717) is 18.6 Å². The van der Waals surface area contributed by atoms with Crippen LogP contribution in [0, 0.1) is 0 Å². The number of aromatic nitrogens is 2. The number of nitrogens with zero attached hydrogens (tertiary/aromatic N) is 3. The molecule has 3 rings (SSSR count). The van der Waals surface area contributed by atoms with Crippen LogP contribution < -0.4 is 5.73 Å². The maximum atomic E-state index is 6.07. The predicted octanol–water partition coefficient (Wildman–Crippen LogP) is 2.09. The third-order valence-corrected chi connectivity index (χ3v) is 4.54. The Kier molecular flexibility index (Phi) is 2.94. The van der Waals surface area contributed by atoms with Crippen molar-refractivity contribution in [3.05, 3.63) is 18.2 Å². The predicted molar refractivity (Wildman–Crippen MR) is 72.3 cm³/mol. The van der Waals surface area contributed by atoms with Crippen LogP contribution in [0.25, 0.3) is 0 Å². The zero-order chi connectivity index (χ0) is 12.8. The van der Waals surface area contributed by atoms with Gasteiger partial charge in [0.2, 0.25) is 0 Å². The van der Waals surface area contributed by atoms with Crippen molar-refractivity contribution in [1.82, 2.24) is 14.5 Å². The lowest BCUT2D eigenvalue weighted by Crippen LogP contribution is -2.44. The van der Waals surface area contributed by atoms with Gasteiger partial charge in [0.25, 0.3) is 0 Å². The second-order valence-electron chi connectivity index (χ2n) is 6.32. The molecule has 0 bridgehead atoms. The molecule has 4 heteroatoms. The van der Waals surface area contributed by atoms with E-state index in [1.807, 2.05) is 12.5 Å². The summed E-state index contributed by atoms with van der Waals surface area (Å²) in [6.07, 6.45) is 9.14. The number of rotatable bonds is 4. The molecule has 2 heterocycles. The Morgan fingerprint density at radius 1 is 1.50 bits per heavy atom. The van der Waals surface area contributed by atoms with Crippen molar-refractivity contribution >= 4 is 0 Å². The third kappa shape index (κ3) is 1.97. The largest absolute Gasteiger partial charge is 0.330 e. The fraction of sp³-hybridized carbons (Fsp3) is 0.786. The summed E-state index contributed by atoms with van der Waals surface area (Å²) in [5, 5.41) is 0. The summed E-state index contributed by atoms with van der Waals surface area (Å²) >= 11 is 0. The van der Waals surface area contributed by atoms with Gasteiger partial charge in [-0.1, -0.05) is 0 Å². The number of imidazole rings is 1. The molecular weight excluding hydrogens is 224 g/mol. The van der Waals surface area contributed by atoms with Crippen LogP contribution in [-0.4, -0.2) is 33.1 Å². The van der Waals surface area contributed by atoms with Gasteiger partial charge in [0, 0.05) is 24.3 Å². The summed E-state index contributed by atoms with van der Waals surface area (Å²) in [7, 11) is 0. The molecule has 2 N–H and O–H groups in total. The third-order valence-electron chi connectivity index (χ3n) is 4.54. The second-order valence-corrected chi connectivity index (χ2v) is 6.32. The first-order valence-corrected chi connectivity index (χ1v) is 7.12. The van der Waals surface area contributed by atoms with E-state index in [1.54, 1.807) is 0 Å². The number of likely N-dealkylation sites (tertiary alicyclic amines) is 1. The molecule has 1 saturated heterocycles. The fourth-order valence-corrected chi connectivity index (χ4v) is 3.34. The summed E-state index contributed by atoms with van der Waals surface area (Å²) in [6.45, 7) is 6.51. The molecule has 4 nitrogen and oxygen atoms in total. The topological polar surface area (TPSA) is 47.1 Å². The molecule has 100 valence electrons. The Hall–Kier alpha value is -0.870. The average Bonchev–Trinajstić information content (AvgIpc) is 2.97.